The molecule has 0 aromatic heterocycles. The monoisotopic (exact) mass is 299 g/mol. The van der Waals surface area contributed by atoms with Crippen molar-refractivity contribution in [2.24, 2.45) is 0 Å². The van der Waals surface area contributed by atoms with Gasteiger partial charge in [0.2, 0.25) is 10.0 Å². The van der Waals surface area contributed by atoms with Crippen LogP contribution in [0.15, 0.2) is 24.3 Å². The third-order valence-corrected chi connectivity index (χ3v) is 5.20. The predicted octanol–water partition coefficient (Wildman–Crippen LogP) is 0.126. The molecule has 1 aromatic rings. The Bertz CT molecular complexity index is 613. The number of methoxy groups -OCH3 is 1. The van der Waals surface area contributed by atoms with Crippen molar-refractivity contribution in [1.82, 2.24) is 4.72 Å². The Morgan fingerprint density at radius 3 is 2.75 bits per heavy atom. The van der Waals surface area contributed by atoms with Gasteiger partial charge in [0.1, 0.15) is 0 Å². The number of aliphatic hydroxyl groups excluding tert-OH is 1. The van der Waals surface area contributed by atoms with Crippen LogP contribution in [0.1, 0.15) is 24.1 Å². The molecule has 1 aromatic carbocycles. The molecule has 20 heavy (non-hydrogen) atoms. The zero-order valence-electron chi connectivity index (χ0n) is 11.2. The zero-order chi connectivity index (χ0) is 14.9. The number of ether oxygens (including phenoxy) is 1. The number of esters is 1. The summed E-state index contributed by atoms with van der Waals surface area (Å²) in [7, 11) is -2.78. The summed E-state index contributed by atoms with van der Waals surface area (Å²) in [5, 5.41) is 8.68. The molecule has 3 atom stereocenters. The highest BCUT2D eigenvalue weighted by molar-refractivity contribution is 7.90. The van der Waals surface area contributed by atoms with Gasteiger partial charge in [0.25, 0.3) is 0 Å². The number of hydrogen-bond donors (Lipinski definition) is 2. The van der Waals surface area contributed by atoms with Gasteiger partial charge in [0.05, 0.1) is 19.3 Å². The molecule has 0 radical (unpaired) electrons. The van der Waals surface area contributed by atoms with E-state index in [2.05, 4.69) is 9.46 Å². The second-order valence-corrected chi connectivity index (χ2v) is 6.81. The van der Waals surface area contributed by atoms with Gasteiger partial charge in [-0.3, -0.25) is 4.79 Å². The largest absolute Gasteiger partial charge is 0.468 e. The van der Waals surface area contributed by atoms with E-state index in [0.717, 1.165) is 18.2 Å². The fraction of sp³-hybridized carbons (Fsp3) is 0.462. The van der Waals surface area contributed by atoms with Crippen LogP contribution in [0.25, 0.3) is 0 Å². The van der Waals surface area contributed by atoms with Crippen LogP contribution in [0.4, 0.5) is 0 Å². The van der Waals surface area contributed by atoms with Crippen molar-refractivity contribution < 1.29 is 23.1 Å². The van der Waals surface area contributed by atoms with E-state index in [1.807, 2.05) is 12.1 Å². The van der Waals surface area contributed by atoms with Gasteiger partial charge in [-0.15, -0.1) is 0 Å². The second kappa shape index (κ2) is 5.51. The normalized spacial score (nSPS) is 23.1. The van der Waals surface area contributed by atoms with Gasteiger partial charge >= 0.3 is 5.97 Å². The van der Waals surface area contributed by atoms with E-state index in [4.69, 9.17) is 0 Å². The molecule has 1 aliphatic rings. The number of rotatable bonds is 4. The molecule has 6 nitrogen and oxygen atoms in total. The lowest BCUT2D eigenvalue weighted by Crippen LogP contribution is -2.42. The SMILES string of the molecule is COC(=O)C(C)S(=O)(=O)NC1c2ccccc2CC1O. The number of hydrogen-bond acceptors (Lipinski definition) is 5. The summed E-state index contributed by atoms with van der Waals surface area (Å²) in [4.78, 5) is 11.4. The Kier molecular flexibility index (Phi) is 4.12. The summed E-state index contributed by atoms with van der Waals surface area (Å²) in [6, 6.07) is 6.49. The summed E-state index contributed by atoms with van der Waals surface area (Å²) < 4.78 is 31.1. The maximum Gasteiger partial charge on any atom is 0.325 e. The molecule has 0 saturated heterocycles. The van der Waals surface area contributed by atoms with Gasteiger partial charge in [-0.2, -0.15) is 0 Å². The predicted molar refractivity (Wildman–Crippen MR) is 72.4 cm³/mol. The molecule has 2 rings (SSSR count). The fourth-order valence-electron chi connectivity index (χ4n) is 2.29. The topological polar surface area (TPSA) is 92.7 Å². The lowest BCUT2D eigenvalue weighted by atomic mass is 10.1. The molecule has 0 aliphatic heterocycles. The van der Waals surface area contributed by atoms with Crippen LogP contribution in [0.5, 0.6) is 0 Å². The van der Waals surface area contributed by atoms with E-state index in [0.29, 0.717) is 6.42 Å². The molecule has 3 unspecified atom stereocenters. The quantitative estimate of drug-likeness (QED) is 0.771. The van der Waals surface area contributed by atoms with Crippen LogP contribution in [0, 0.1) is 0 Å². The summed E-state index contributed by atoms with van der Waals surface area (Å²) in [5.41, 5.74) is 1.64. The van der Waals surface area contributed by atoms with Gasteiger partial charge in [-0.05, 0) is 18.1 Å². The maximum absolute atomic E-state index is 12.1. The number of carbonyl (C=O) groups excluding carboxylic acids is 1. The van der Waals surface area contributed by atoms with Gasteiger partial charge < -0.3 is 9.84 Å². The van der Waals surface area contributed by atoms with Crippen molar-refractivity contribution in [2.45, 2.75) is 30.7 Å². The number of aliphatic hydroxyl groups is 1. The van der Waals surface area contributed by atoms with Crippen LogP contribution in [-0.2, 0) is 26.0 Å². The number of benzene rings is 1. The zero-order valence-corrected chi connectivity index (χ0v) is 12.1. The molecule has 0 saturated carbocycles. The van der Waals surface area contributed by atoms with Crippen LogP contribution >= 0.6 is 0 Å². The molecule has 0 fully saturated rings. The van der Waals surface area contributed by atoms with Gasteiger partial charge in [-0.1, -0.05) is 24.3 Å². The molecule has 0 amide bonds. The average molecular weight is 299 g/mol. The van der Waals surface area contributed by atoms with Gasteiger partial charge in [-0.25, -0.2) is 13.1 Å². The number of sulfonamides is 1. The molecule has 0 spiro atoms. The van der Waals surface area contributed by atoms with E-state index in [1.54, 1.807) is 12.1 Å². The van der Waals surface area contributed by atoms with Crippen molar-refractivity contribution in [1.29, 1.82) is 0 Å². The first-order valence-electron chi connectivity index (χ1n) is 6.21. The minimum absolute atomic E-state index is 0.385. The van der Waals surface area contributed by atoms with E-state index in [1.165, 1.54) is 6.92 Å². The molecule has 0 heterocycles. The standard InChI is InChI=1S/C13H17NO5S/c1-8(13(16)19-2)20(17,18)14-12-10-6-4-3-5-9(10)7-11(12)15/h3-6,8,11-12,14-15H,7H2,1-2H3. The smallest absolute Gasteiger partial charge is 0.325 e. The highest BCUT2D eigenvalue weighted by atomic mass is 32.2. The van der Waals surface area contributed by atoms with Gasteiger partial charge in [0, 0.05) is 6.42 Å². The second-order valence-electron chi connectivity index (χ2n) is 4.78. The Morgan fingerprint density at radius 1 is 1.45 bits per heavy atom. The summed E-state index contributed by atoms with van der Waals surface area (Å²) in [5.74, 6) is -0.835. The van der Waals surface area contributed by atoms with E-state index < -0.39 is 33.4 Å². The number of carbonyl (C=O) groups is 1. The molecule has 7 heteroatoms. The van der Waals surface area contributed by atoms with Crippen molar-refractivity contribution in [3.05, 3.63) is 35.4 Å². The highest BCUT2D eigenvalue weighted by Gasteiger charge is 2.37. The number of fused-ring (bicyclic) bond motifs is 1. The van der Waals surface area contributed by atoms with Crippen molar-refractivity contribution in [3.63, 3.8) is 0 Å². The number of nitrogens with one attached hydrogen (secondary N) is 1. The first kappa shape index (κ1) is 15.0. The lowest BCUT2D eigenvalue weighted by Gasteiger charge is -2.20. The Labute approximate surface area is 117 Å². The van der Waals surface area contributed by atoms with Crippen LogP contribution in [-0.4, -0.2) is 38.0 Å². The van der Waals surface area contributed by atoms with Crippen molar-refractivity contribution in [3.8, 4) is 0 Å². The molecule has 2 N–H and O–H groups in total. The molecular weight excluding hydrogens is 282 g/mol. The van der Waals surface area contributed by atoms with Crippen LogP contribution in [0.3, 0.4) is 0 Å². The Balaban J connectivity index is 2.24. The Morgan fingerprint density at radius 2 is 2.10 bits per heavy atom. The molecular formula is C13H17NO5S. The van der Waals surface area contributed by atoms with E-state index in [9.17, 15) is 18.3 Å². The third kappa shape index (κ3) is 2.70. The minimum atomic E-state index is -3.92. The lowest BCUT2D eigenvalue weighted by molar-refractivity contribution is -0.139. The third-order valence-electron chi connectivity index (χ3n) is 3.49. The summed E-state index contributed by atoms with van der Waals surface area (Å²) >= 11 is 0. The first-order chi connectivity index (χ1) is 9.36. The minimum Gasteiger partial charge on any atom is -0.468 e. The molecule has 0 bridgehead atoms. The van der Waals surface area contributed by atoms with Crippen molar-refractivity contribution >= 4 is 16.0 Å². The van der Waals surface area contributed by atoms with E-state index >= 15 is 0 Å². The molecule has 1 aliphatic carbocycles. The first-order valence-corrected chi connectivity index (χ1v) is 7.76. The van der Waals surface area contributed by atoms with Crippen LogP contribution < -0.4 is 4.72 Å². The molecule has 110 valence electrons. The Hall–Kier alpha value is -1.44. The van der Waals surface area contributed by atoms with Crippen LogP contribution in [0.2, 0.25) is 0 Å². The maximum atomic E-state index is 12.1. The summed E-state index contributed by atoms with van der Waals surface area (Å²) in [6.07, 6.45) is -0.456. The highest BCUT2D eigenvalue weighted by Crippen LogP contribution is 2.32. The fourth-order valence-corrected chi connectivity index (χ4v) is 3.48. The average Bonchev–Trinajstić information content (AvgIpc) is 2.73. The summed E-state index contributed by atoms with van der Waals surface area (Å²) in [6.45, 7) is 1.25. The van der Waals surface area contributed by atoms with E-state index in [-0.39, 0.29) is 0 Å². The van der Waals surface area contributed by atoms with Crippen molar-refractivity contribution in [2.75, 3.05) is 7.11 Å². The van der Waals surface area contributed by atoms with Gasteiger partial charge in [0.15, 0.2) is 5.25 Å².